The number of furan rings is 1. The fourth-order valence-corrected chi connectivity index (χ4v) is 1.68. The molecule has 2 heterocycles. The third-order valence-corrected chi connectivity index (χ3v) is 2.80. The van der Waals surface area contributed by atoms with E-state index in [9.17, 15) is 0 Å². The SMILES string of the molecule is Cc1occc1-c1cnc(CNC2CC2)o1. The lowest BCUT2D eigenvalue weighted by atomic mass is 10.2. The molecular formula is C12H14N2O2. The highest BCUT2D eigenvalue weighted by Crippen LogP contribution is 2.25. The molecule has 0 unspecified atom stereocenters. The van der Waals surface area contributed by atoms with E-state index in [0.717, 1.165) is 23.0 Å². The fourth-order valence-electron chi connectivity index (χ4n) is 1.68. The van der Waals surface area contributed by atoms with Crippen LogP contribution in [0.5, 0.6) is 0 Å². The van der Waals surface area contributed by atoms with Crippen molar-refractivity contribution in [1.29, 1.82) is 0 Å². The van der Waals surface area contributed by atoms with Gasteiger partial charge in [0.1, 0.15) is 5.76 Å². The molecule has 2 aromatic heterocycles. The molecule has 0 spiro atoms. The summed E-state index contributed by atoms with van der Waals surface area (Å²) in [5.74, 6) is 2.37. The molecule has 16 heavy (non-hydrogen) atoms. The maximum atomic E-state index is 5.65. The summed E-state index contributed by atoms with van der Waals surface area (Å²) in [7, 11) is 0. The molecule has 1 saturated carbocycles. The zero-order chi connectivity index (χ0) is 11.0. The Kier molecular flexibility index (Phi) is 2.29. The molecule has 2 aromatic rings. The number of nitrogens with zero attached hydrogens (tertiary/aromatic N) is 1. The molecule has 1 aliphatic carbocycles. The second kappa shape index (κ2) is 3.79. The predicted molar refractivity (Wildman–Crippen MR) is 58.8 cm³/mol. The molecule has 0 saturated heterocycles. The zero-order valence-corrected chi connectivity index (χ0v) is 9.19. The summed E-state index contributed by atoms with van der Waals surface area (Å²) >= 11 is 0. The van der Waals surface area contributed by atoms with E-state index >= 15 is 0 Å². The van der Waals surface area contributed by atoms with Crippen LogP contribution in [0.2, 0.25) is 0 Å². The minimum absolute atomic E-state index is 0.672. The summed E-state index contributed by atoms with van der Waals surface area (Å²) in [4.78, 5) is 4.24. The Morgan fingerprint density at radius 2 is 2.38 bits per heavy atom. The standard InChI is InChI=1S/C12H14N2O2/c1-8-10(4-5-15-8)11-6-14-12(16-11)7-13-9-2-3-9/h4-6,9,13H,2-3,7H2,1H3. The van der Waals surface area contributed by atoms with Crippen molar-refractivity contribution in [2.24, 2.45) is 0 Å². The quantitative estimate of drug-likeness (QED) is 0.856. The second-order valence-corrected chi connectivity index (χ2v) is 4.16. The van der Waals surface area contributed by atoms with Crippen molar-refractivity contribution in [3.63, 3.8) is 0 Å². The number of aromatic nitrogens is 1. The zero-order valence-electron chi connectivity index (χ0n) is 9.19. The first-order chi connectivity index (χ1) is 7.83. The van der Waals surface area contributed by atoms with E-state index in [4.69, 9.17) is 8.83 Å². The molecule has 1 N–H and O–H groups in total. The van der Waals surface area contributed by atoms with E-state index in [1.165, 1.54) is 12.8 Å². The highest BCUT2D eigenvalue weighted by molar-refractivity contribution is 5.58. The average molecular weight is 218 g/mol. The topological polar surface area (TPSA) is 51.2 Å². The van der Waals surface area contributed by atoms with Crippen LogP contribution in [0.1, 0.15) is 24.5 Å². The summed E-state index contributed by atoms with van der Waals surface area (Å²) in [6.45, 7) is 2.63. The number of rotatable bonds is 4. The average Bonchev–Trinajstić information content (AvgIpc) is 2.82. The predicted octanol–water partition coefficient (Wildman–Crippen LogP) is 2.50. The Morgan fingerprint density at radius 3 is 3.06 bits per heavy atom. The first-order valence-corrected chi connectivity index (χ1v) is 5.55. The van der Waals surface area contributed by atoms with E-state index in [-0.39, 0.29) is 0 Å². The van der Waals surface area contributed by atoms with Crippen molar-refractivity contribution in [3.05, 3.63) is 30.2 Å². The highest BCUT2D eigenvalue weighted by Gasteiger charge is 2.21. The lowest BCUT2D eigenvalue weighted by Gasteiger charge is -1.96. The molecule has 0 atom stereocenters. The van der Waals surface area contributed by atoms with Gasteiger partial charge in [0, 0.05) is 6.04 Å². The molecule has 0 radical (unpaired) electrons. The first-order valence-electron chi connectivity index (χ1n) is 5.55. The Hall–Kier alpha value is -1.55. The normalized spacial score (nSPS) is 15.6. The first kappa shape index (κ1) is 9.66. The van der Waals surface area contributed by atoms with Crippen molar-refractivity contribution in [2.75, 3.05) is 0 Å². The van der Waals surface area contributed by atoms with Gasteiger partial charge < -0.3 is 14.2 Å². The second-order valence-electron chi connectivity index (χ2n) is 4.16. The van der Waals surface area contributed by atoms with E-state index in [2.05, 4.69) is 10.3 Å². The summed E-state index contributed by atoms with van der Waals surface area (Å²) in [5, 5.41) is 3.37. The molecule has 4 heteroatoms. The summed E-state index contributed by atoms with van der Waals surface area (Å²) in [6, 6.07) is 2.57. The van der Waals surface area contributed by atoms with Crippen LogP contribution < -0.4 is 5.32 Å². The lowest BCUT2D eigenvalue weighted by Crippen LogP contribution is -2.15. The van der Waals surface area contributed by atoms with Crippen molar-refractivity contribution in [3.8, 4) is 11.3 Å². The molecule has 84 valence electrons. The summed E-state index contributed by atoms with van der Waals surface area (Å²) in [5.41, 5.74) is 0.977. The van der Waals surface area contributed by atoms with Crippen LogP contribution in [0.25, 0.3) is 11.3 Å². The number of hydrogen-bond donors (Lipinski definition) is 1. The Balaban J connectivity index is 1.74. The fraction of sp³-hybridized carbons (Fsp3) is 0.417. The molecule has 3 rings (SSSR count). The highest BCUT2D eigenvalue weighted by atomic mass is 16.4. The van der Waals surface area contributed by atoms with Gasteiger partial charge in [-0.15, -0.1) is 0 Å². The molecule has 4 nitrogen and oxygen atoms in total. The molecular weight excluding hydrogens is 204 g/mol. The third kappa shape index (κ3) is 1.88. The molecule has 0 aliphatic heterocycles. The lowest BCUT2D eigenvalue weighted by molar-refractivity contribution is 0.474. The van der Waals surface area contributed by atoms with Gasteiger partial charge in [-0.3, -0.25) is 0 Å². The largest absolute Gasteiger partial charge is 0.469 e. The van der Waals surface area contributed by atoms with Gasteiger partial charge in [0.05, 0.1) is 24.6 Å². The smallest absolute Gasteiger partial charge is 0.208 e. The van der Waals surface area contributed by atoms with E-state index in [1.54, 1.807) is 12.5 Å². The van der Waals surface area contributed by atoms with Gasteiger partial charge in [0.15, 0.2) is 5.76 Å². The number of hydrogen-bond acceptors (Lipinski definition) is 4. The molecule has 1 aliphatic rings. The van der Waals surface area contributed by atoms with Crippen LogP contribution in [0.4, 0.5) is 0 Å². The van der Waals surface area contributed by atoms with E-state index < -0.39 is 0 Å². The third-order valence-electron chi connectivity index (χ3n) is 2.80. The van der Waals surface area contributed by atoms with Crippen LogP contribution in [0, 0.1) is 6.92 Å². The minimum Gasteiger partial charge on any atom is -0.469 e. The van der Waals surface area contributed by atoms with Crippen molar-refractivity contribution in [2.45, 2.75) is 32.4 Å². The van der Waals surface area contributed by atoms with Gasteiger partial charge in [-0.05, 0) is 25.8 Å². The number of nitrogens with one attached hydrogen (secondary N) is 1. The van der Waals surface area contributed by atoms with Gasteiger partial charge in [-0.2, -0.15) is 0 Å². The van der Waals surface area contributed by atoms with Crippen LogP contribution in [-0.4, -0.2) is 11.0 Å². The van der Waals surface area contributed by atoms with Gasteiger partial charge >= 0.3 is 0 Å². The Labute approximate surface area is 93.7 Å². The Morgan fingerprint density at radius 1 is 1.50 bits per heavy atom. The van der Waals surface area contributed by atoms with E-state index in [0.29, 0.717) is 12.6 Å². The van der Waals surface area contributed by atoms with Crippen molar-refractivity contribution >= 4 is 0 Å². The number of oxazole rings is 1. The number of aryl methyl sites for hydroxylation is 1. The molecule has 0 bridgehead atoms. The van der Waals surface area contributed by atoms with Crippen LogP contribution in [-0.2, 0) is 6.54 Å². The summed E-state index contributed by atoms with van der Waals surface area (Å²) in [6.07, 6.45) is 5.96. The van der Waals surface area contributed by atoms with Gasteiger partial charge in [0.2, 0.25) is 5.89 Å². The Bertz CT molecular complexity index is 483. The van der Waals surface area contributed by atoms with Gasteiger partial charge in [0.25, 0.3) is 0 Å². The maximum Gasteiger partial charge on any atom is 0.208 e. The van der Waals surface area contributed by atoms with Gasteiger partial charge in [-0.25, -0.2) is 4.98 Å². The summed E-state index contributed by atoms with van der Waals surface area (Å²) < 4.78 is 10.9. The monoisotopic (exact) mass is 218 g/mol. The molecule has 0 aromatic carbocycles. The van der Waals surface area contributed by atoms with Crippen LogP contribution >= 0.6 is 0 Å². The van der Waals surface area contributed by atoms with Crippen LogP contribution in [0.15, 0.2) is 27.4 Å². The molecule has 1 fully saturated rings. The van der Waals surface area contributed by atoms with Crippen LogP contribution in [0.3, 0.4) is 0 Å². The van der Waals surface area contributed by atoms with Gasteiger partial charge in [-0.1, -0.05) is 0 Å². The van der Waals surface area contributed by atoms with Crippen molar-refractivity contribution < 1.29 is 8.83 Å². The van der Waals surface area contributed by atoms with Crippen molar-refractivity contribution in [1.82, 2.24) is 10.3 Å². The minimum atomic E-state index is 0.672. The maximum absolute atomic E-state index is 5.65. The molecule has 0 amide bonds. The van der Waals surface area contributed by atoms with E-state index in [1.807, 2.05) is 13.0 Å².